The maximum Gasteiger partial charge on any atom is 0.332 e. The molecule has 5 aliphatic carbocycles. The van der Waals surface area contributed by atoms with E-state index >= 15 is 0 Å². The summed E-state index contributed by atoms with van der Waals surface area (Å²) < 4.78 is 17.6. The van der Waals surface area contributed by atoms with Crippen LogP contribution in [-0.4, -0.2) is 103 Å². The Morgan fingerprint density at radius 3 is 2.20 bits per heavy atom. The number of benzene rings is 2. The molecular weight excluding hydrogens is 969 g/mol. The van der Waals surface area contributed by atoms with Crippen molar-refractivity contribution in [1.29, 1.82) is 0 Å². The van der Waals surface area contributed by atoms with Gasteiger partial charge in [0.05, 0.1) is 37.3 Å². The van der Waals surface area contributed by atoms with Gasteiger partial charge in [0.25, 0.3) is 5.91 Å². The summed E-state index contributed by atoms with van der Waals surface area (Å²) in [4.78, 5) is 76.6. The van der Waals surface area contributed by atoms with Gasteiger partial charge in [0.15, 0.2) is 5.78 Å². The number of carbonyl (C=O) groups is 6. The summed E-state index contributed by atoms with van der Waals surface area (Å²) in [6.45, 7) is 17.6. The minimum absolute atomic E-state index is 0.0409. The van der Waals surface area contributed by atoms with Crippen LogP contribution in [0, 0.1) is 50.2 Å². The van der Waals surface area contributed by atoms with Gasteiger partial charge >= 0.3 is 18.0 Å². The summed E-state index contributed by atoms with van der Waals surface area (Å²) in [7, 11) is 0. The number of anilines is 1. The molecule has 15 heteroatoms. The van der Waals surface area contributed by atoms with Crippen LogP contribution in [0.15, 0.2) is 60.2 Å². The van der Waals surface area contributed by atoms with Crippen molar-refractivity contribution in [2.45, 2.75) is 162 Å². The molecule has 0 radical (unpaired) electrons. The average molecular weight is 1050 g/mol. The fourth-order valence-electron chi connectivity index (χ4n) is 15.9. The van der Waals surface area contributed by atoms with Gasteiger partial charge < -0.3 is 40.6 Å². The maximum absolute atomic E-state index is 13.2. The lowest BCUT2D eigenvalue weighted by Crippen LogP contribution is -2.65. The molecule has 2 aromatic rings. The Hall–Kier alpha value is -4.73. The van der Waals surface area contributed by atoms with Crippen LogP contribution in [0.1, 0.15) is 165 Å². The standard InChI is InChI=1S/C60H82N4O10S/c1-55(2)26-28-60(53(69)70)29-27-58(6)41(42(60)34-55)20-21-46-57(5)24-23-47(56(3,4)45(57)22-25-59(46,58)7)74-49(66)35-73-33-32-72-31-30-61-52(68)39-14-12-37(13-15-39)51(67)38-16-18-40(19-17-38)62-48(65)11-9-8-10-44-50-43(36-75-44)63-54(71)64-50/h12-20,42-47,50H,8-11,21-36H2,1-7H3,(H,61,68)(H,62,65)(H,69,70)(H2,63,64,71)/t42-,43-,44-,45-,46+,47-,50-,57-,58+,59+,60-/m0/s1. The Morgan fingerprint density at radius 1 is 0.773 bits per heavy atom. The predicted molar refractivity (Wildman–Crippen MR) is 289 cm³/mol. The van der Waals surface area contributed by atoms with Crippen LogP contribution in [0.2, 0.25) is 0 Å². The van der Waals surface area contributed by atoms with Gasteiger partial charge in [-0.1, -0.05) is 78.7 Å². The van der Waals surface area contributed by atoms with Crippen molar-refractivity contribution in [3.05, 3.63) is 76.9 Å². The number of amides is 4. The summed E-state index contributed by atoms with van der Waals surface area (Å²) in [6.07, 6.45) is 14.6. The van der Waals surface area contributed by atoms with E-state index in [1.807, 2.05) is 11.8 Å². The average Bonchev–Trinajstić information content (AvgIpc) is 3.99. The topological polar surface area (TPSA) is 198 Å². The van der Waals surface area contributed by atoms with E-state index in [-0.39, 0.29) is 114 Å². The first-order valence-corrected chi connectivity index (χ1v) is 29.0. The van der Waals surface area contributed by atoms with E-state index < -0.39 is 11.4 Å². The van der Waals surface area contributed by atoms with Crippen molar-refractivity contribution >= 4 is 53.0 Å². The number of fused-ring (bicyclic) bond motifs is 8. The Bertz CT molecular complexity index is 2530. The summed E-state index contributed by atoms with van der Waals surface area (Å²) in [6, 6.07) is 13.5. The smallest absolute Gasteiger partial charge is 0.332 e. The maximum atomic E-state index is 13.2. The van der Waals surface area contributed by atoms with E-state index in [0.717, 1.165) is 89.2 Å². The van der Waals surface area contributed by atoms with Gasteiger partial charge in [0.1, 0.15) is 12.7 Å². The van der Waals surface area contributed by atoms with E-state index in [0.29, 0.717) is 45.9 Å². The Kier molecular flexibility index (Phi) is 15.8. The quantitative estimate of drug-likeness (QED) is 0.0295. The molecule has 0 bridgehead atoms. The summed E-state index contributed by atoms with van der Waals surface area (Å²) >= 11 is 1.87. The lowest BCUT2D eigenvalue weighted by atomic mass is 9.33. The second-order valence-electron chi connectivity index (χ2n) is 25.3. The van der Waals surface area contributed by atoms with Gasteiger partial charge in [-0.05, 0) is 153 Å². The first-order chi connectivity index (χ1) is 35.6. The number of unbranched alkanes of at least 4 members (excludes halogenated alkanes) is 1. The zero-order valence-electron chi connectivity index (χ0n) is 45.4. The van der Waals surface area contributed by atoms with E-state index in [2.05, 4.69) is 75.8 Å². The molecule has 0 spiro atoms. The number of ketones is 1. The van der Waals surface area contributed by atoms with Crippen molar-refractivity contribution in [3.8, 4) is 0 Å². The Balaban J connectivity index is 0.656. The van der Waals surface area contributed by atoms with Crippen LogP contribution in [0.3, 0.4) is 0 Å². The fourth-order valence-corrected chi connectivity index (χ4v) is 17.4. The SMILES string of the molecule is CC1(C)CC[C@]2(C(=O)O)CC[C@]3(C)C(=CC[C@@H]4[C@@]5(C)CC[C@H](OC(=O)COCCOCCNC(=O)c6ccc(C(=O)c7ccc(NC(=O)CCCC[C@@H]8SC[C@@H]9NC(=O)N[C@@H]98)cc7)cc6)C(C)(C)[C@@H]5CC[C@]43C)[C@@H]2C1. The number of carboxylic acids is 1. The number of hydrogen-bond acceptors (Lipinski definition) is 10. The first kappa shape index (κ1) is 55.0. The lowest BCUT2D eigenvalue weighted by molar-refractivity contribution is -0.215. The Labute approximate surface area is 448 Å². The number of esters is 1. The molecule has 9 rings (SSSR count). The van der Waals surface area contributed by atoms with Crippen LogP contribution < -0.4 is 21.3 Å². The van der Waals surface area contributed by atoms with E-state index in [1.54, 1.807) is 48.5 Å². The number of thioether (sulfide) groups is 1. The Morgan fingerprint density at radius 2 is 1.47 bits per heavy atom. The predicted octanol–water partition coefficient (Wildman–Crippen LogP) is 10.1. The monoisotopic (exact) mass is 1050 g/mol. The molecule has 75 heavy (non-hydrogen) atoms. The van der Waals surface area contributed by atoms with Gasteiger partial charge in [-0.3, -0.25) is 19.2 Å². The zero-order valence-corrected chi connectivity index (χ0v) is 46.2. The minimum atomic E-state index is -0.644. The van der Waals surface area contributed by atoms with Crippen LogP contribution in [0.5, 0.6) is 0 Å². The van der Waals surface area contributed by atoms with Crippen molar-refractivity contribution in [1.82, 2.24) is 16.0 Å². The third-order valence-electron chi connectivity index (χ3n) is 20.3. The normalized spacial score (nSPS) is 33.9. The molecule has 14 nitrogen and oxygen atoms in total. The number of hydrogen-bond donors (Lipinski definition) is 5. The molecule has 2 aromatic carbocycles. The highest BCUT2D eigenvalue weighted by molar-refractivity contribution is 8.00. The van der Waals surface area contributed by atoms with Crippen LogP contribution in [0.4, 0.5) is 10.5 Å². The van der Waals surface area contributed by atoms with Gasteiger partial charge in [-0.25, -0.2) is 9.59 Å². The largest absolute Gasteiger partial charge is 0.481 e. The third-order valence-corrected chi connectivity index (χ3v) is 21.8. The molecule has 5 N–H and O–H groups in total. The molecular formula is C60H82N4O10S. The molecule has 0 unspecified atom stereocenters. The summed E-state index contributed by atoms with van der Waals surface area (Å²) in [5.41, 5.74) is 2.70. The van der Waals surface area contributed by atoms with Gasteiger partial charge in [0.2, 0.25) is 5.91 Å². The van der Waals surface area contributed by atoms with Crippen LogP contribution in [0.25, 0.3) is 0 Å². The number of aliphatic carboxylic acids is 1. The lowest BCUT2D eigenvalue weighted by Gasteiger charge is -2.71. The van der Waals surface area contributed by atoms with Crippen molar-refractivity contribution in [2.75, 3.05) is 44.0 Å². The molecule has 0 aromatic heterocycles. The van der Waals surface area contributed by atoms with Crippen LogP contribution >= 0.6 is 11.8 Å². The second kappa shape index (κ2) is 21.6. The van der Waals surface area contributed by atoms with Gasteiger partial charge in [-0.2, -0.15) is 11.8 Å². The van der Waals surface area contributed by atoms with E-state index in [9.17, 15) is 33.9 Å². The van der Waals surface area contributed by atoms with E-state index in [1.165, 1.54) is 5.57 Å². The van der Waals surface area contributed by atoms with Crippen LogP contribution in [-0.2, 0) is 28.6 Å². The highest BCUT2D eigenvalue weighted by atomic mass is 32.2. The minimum Gasteiger partial charge on any atom is -0.481 e. The first-order valence-electron chi connectivity index (χ1n) is 27.9. The number of allylic oxidation sites excluding steroid dienone is 2. The summed E-state index contributed by atoms with van der Waals surface area (Å²) in [5.74, 6) is 0.299. The molecule has 6 fully saturated rings. The highest BCUT2D eigenvalue weighted by Gasteiger charge is 2.69. The fraction of sp³-hybridized carbons (Fsp3) is 0.667. The molecule has 2 heterocycles. The number of carboxylic acid groups (broad SMARTS) is 1. The summed E-state index contributed by atoms with van der Waals surface area (Å²) in [5, 5.41) is 22.8. The van der Waals surface area contributed by atoms with Gasteiger partial charge in [-0.15, -0.1) is 0 Å². The number of urea groups is 1. The van der Waals surface area contributed by atoms with Gasteiger partial charge in [0, 0.05) is 51.8 Å². The van der Waals surface area contributed by atoms with E-state index in [4.69, 9.17) is 14.2 Å². The van der Waals surface area contributed by atoms with Crippen molar-refractivity contribution in [2.24, 2.45) is 50.2 Å². The molecule has 11 atom stereocenters. The number of carbonyl (C=O) groups excluding carboxylic acids is 5. The third kappa shape index (κ3) is 10.7. The molecule has 408 valence electrons. The van der Waals surface area contributed by atoms with Crippen molar-refractivity contribution in [3.63, 3.8) is 0 Å². The van der Waals surface area contributed by atoms with Crippen molar-refractivity contribution < 1.29 is 48.1 Å². The molecule has 2 saturated heterocycles. The molecule has 4 amide bonds. The zero-order chi connectivity index (χ0) is 53.6. The number of ether oxygens (including phenoxy) is 3. The molecule has 4 saturated carbocycles. The number of nitrogens with one attached hydrogen (secondary N) is 4. The number of rotatable bonds is 19. The molecule has 2 aliphatic heterocycles. The molecule has 7 aliphatic rings. The second-order valence-corrected chi connectivity index (χ2v) is 26.6. The highest BCUT2D eigenvalue weighted by Crippen LogP contribution is 2.76.